The number of aromatic nitrogens is 2. The van der Waals surface area contributed by atoms with Crippen molar-refractivity contribution in [2.24, 2.45) is 0 Å². The molecule has 1 saturated heterocycles. The van der Waals surface area contributed by atoms with Crippen LogP contribution in [0.15, 0.2) is 60.8 Å². The number of hydrogen-bond donors (Lipinski definition) is 1. The molecule has 0 spiro atoms. The van der Waals surface area contributed by atoms with Gasteiger partial charge in [-0.15, -0.1) is 0 Å². The first kappa shape index (κ1) is 20.8. The van der Waals surface area contributed by atoms with E-state index in [0.29, 0.717) is 0 Å². The monoisotopic (exact) mass is 439 g/mol. The molecule has 4 rings (SSSR count). The molecule has 156 valence electrons. The molecular weight excluding hydrogens is 414 g/mol. The molecule has 0 atom stereocenters. The van der Waals surface area contributed by atoms with E-state index in [-0.39, 0.29) is 0 Å². The maximum Gasteiger partial charge on any atom is 0.174 e. The summed E-state index contributed by atoms with van der Waals surface area (Å²) in [5.41, 5.74) is 3.83. The number of thiocarbonyl (C=S) groups is 1. The fourth-order valence-electron chi connectivity index (χ4n) is 3.62. The van der Waals surface area contributed by atoms with Crippen LogP contribution in [0.5, 0.6) is 0 Å². The summed E-state index contributed by atoms with van der Waals surface area (Å²) in [4.78, 5) is 4.66. The molecule has 0 amide bonds. The molecule has 5 nitrogen and oxygen atoms in total. The summed E-state index contributed by atoms with van der Waals surface area (Å²) in [5.74, 6) is 0.789. The number of hydrogen-bond acceptors (Lipinski definition) is 3. The standard InChI is InChI=1S/C23H26ClN5S/c1-18-4-2-3-5-20(18)17-29-11-10-22(26-29)25-23(30)28-14-12-27(13-15-28)16-19-6-8-21(24)9-7-19/h2-11H,12-17H2,1H3,(H,25,26,30). The fraction of sp³-hybridized carbons (Fsp3) is 0.304. The van der Waals surface area contributed by atoms with Gasteiger partial charge in [-0.25, -0.2) is 0 Å². The van der Waals surface area contributed by atoms with Crippen LogP contribution in [0.4, 0.5) is 5.82 Å². The molecule has 3 aromatic rings. The largest absolute Gasteiger partial charge is 0.346 e. The smallest absolute Gasteiger partial charge is 0.174 e. The minimum Gasteiger partial charge on any atom is -0.346 e. The number of aryl methyl sites for hydroxylation is 1. The molecule has 1 fully saturated rings. The Bertz CT molecular complexity index is 993. The van der Waals surface area contributed by atoms with Crippen LogP contribution < -0.4 is 5.32 Å². The molecule has 30 heavy (non-hydrogen) atoms. The first-order chi connectivity index (χ1) is 14.6. The maximum atomic E-state index is 5.98. The summed E-state index contributed by atoms with van der Waals surface area (Å²) < 4.78 is 1.94. The van der Waals surface area contributed by atoms with E-state index in [4.69, 9.17) is 23.8 Å². The van der Waals surface area contributed by atoms with E-state index in [0.717, 1.165) is 55.2 Å². The number of piperazine rings is 1. The lowest BCUT2D eigenvalue weighted by molar-refractivity contribution is 0.177. The Kier molecular flexibility index (Phi) is 6.67. The van der Waals surface area contributed by atoms with Crippen molar-refractivity contribution in [2.45, 2.75) is 20.0 Å². The van der Waals surface area contributed by atoms with Crippen molar-refractivity contribution in [1.82, 2.24) is 19.6 Å². The average Bonchev–Trinajstić information content (AvgIpc) is 3.19. The van der Waals surface area contributed by atoms with Gasteiger partial charge in [0.2, 0.25) is 0 Å². The molecule has 0 saturated carbocycles. The van der Waals surface area contributed by atoms with Gasteiger partial charge in [0.05, 0.1) is 6.54 Å². The van der Waals surface area contributed by atoms with E-state index in [9.17, 15) is 0 Å². The molecular formula is C23H26ClN5S. The Morgan fingerprint density at radius 3 is 2.47 bits per heavy atom. The summed E-state index contributed by atoms with van der Waals surface area (Å²) in [6.45, 7) is 7.59. The lowest BCUT2D eigenvalue weighted by Gasteiger charge is -2.36. The van der Waals surface area contributed by atoms with Crippen LogP contribution in [-0.4, -0.2) is 50.9 Å². The van der Waals surface area contributed by atoms with E-state index < -0.39 is 0 Å². The van der Waals surface area contributed by atoms with Gasteiger partial charge in [0.15, 0.2) is 10.9 Å². The molecule has 1 aliphatic rings. The van der Waals surface area contributed by atoms with Crippen LogP contribution in [-0.2, 0) is 13.1 Å². The van der Waals surface area contributed by atoms with E-state index in [1.54, 1.807) is 0 Å². The van der Waals surface area contributed by atoms with Crippen LogP contribution in [0.3, 0.4) is 0 Å². The Labute approximate surface area is 188 Å². The zero-order chi connectivity index (χ0) is 20.9. The number of rotatable bonds is 5. The third kappa shape index (κ3) is 5.39. The summed E-state index contributed by atoms with van der Waals surface area (Å²) in [6.07, 6.45) is 1.99. The first-order valence-corrected chi connectivity index (χ1v) is 11.0. The van der Waals surface area contributed by atoms with Crippen LogP contribution >= 0.6 is 23.8 Å². The van der Waals surface area contributed by atoms with Crippen LogP contribution in [0.2, 0.25) is 5.02 Å². The van der Waals surface area contributed by atoms with Crippen LogP contribution in [0.25, 0.3) is 0 Å². The van der Waals surface area contributed by atoms with E-state index in [2.05, 4.69) is 63.5 Å². The predicted octanol–water partition coefficient (Wildman–Crippen LogP) is 4.41. The first-order valence-electron chi connectivity index (χ1n) is 10.2. The number of nitrogens with zero attached hydrogens (tertiary/aromatic N) is 4. The van der Waals surface area contributed by atoms with Crippen LogP contribution in [0, 0.1) is 6.92 Å². The zero-order valence-corrected chi connectivity index (χ0v) is 18.7. The van der Waals surface area contributed by atoms with Gasteiger partial charge in [-0.3, -0.25) is 9.58 Å². The van der Waals surface area contributed by atoms with Gasteiger partial charge in [-0.05, 0) is 48.0 Å². The second-order valence-corrected chi connectivity index (χ2v) is 8.47. The number of benzene rings is 2. The molecule has 0 unspecified atom stereocenters. The van der Waals surface area contributed by atoms with Gasteiger partial charge in [-0.1, -0.05) is 48.0 Å². The van der Waals surface area contributed by atoms with Gasteiger partial charge >= 0.3 is 0 Å². The Balaban J connectivity index is 1.26. The quantitative estimate of drug-likeness (QED) is 0.596. The highest BCUT2D eigenvalue weighted by atomic mass is 35.5. The van der Waals surface area contributed by atoms with Crippen molar-refractivity contribution in [3.05, 3.63) is 82.5 Å². The summed E-state index contributed by atoms with van der Waals surface area (Å²) >= 11 is 11.6. The van der Waals surface area contributed by atoms with Crippen molar-refractivity contribution >= 4 is 34.7 Å². The SMILES string of the molecule is Cc1ccccc1Cn1ccc(NC(=S)N2CCN(Cc3ccc(Cl)cc3)CC2)n1. The predicted molar refractivity (Wildman–Crippen MR) is 127 cm³/mol. The molecule has 0 bridgehead atoms. The van der Waals surface area contributed by atoms with Gasteiger partial charge in [0, 0.05) is 50.0 Å². The maximum absolute atomic E-state index is 5.98. The Hall–Kier alpha value is -2.41. The average molecular weight is 440 g/mol. The molecule has 0 radical (unpaired) electrons. The lowest BCUT2D eigenvalue weighted by atomic mass is 10.1. The molecule has 1 aromatic heterocycles. The zero-order valence-electron chi connectivity index (χ0n) is 17.1. The minimum atomic E-state index is 0.738. The van der Waals surface area contributed by atoms with Crippen LogP contribution in [0.1, 0.15) is 16.7 Å². The molecule has 1 aliphatic heterocycles. The van der Waals surface area contributed by atoms with E-state index >= 15 is 0 Å². The van der Waals surface area contributed by atoms with Gasteiger partial charge in [0.25, 0.3) is 0 Å². The summed E-state index contributed by atoms with van der Waals surface area (Å²) in [5, 5.41) is 9.44. The van der Waals surface area contributed by atoms with Crippen molar-refractivity contribution in [3.8, 4) is 0 Å². The summed E-state index contributed by atoms with van der Waals surface area (Å²) in [6, 6.07) is 18.4. The Morgan fingerprint density at radius 2 is 1.73 bits per heavy atom. The van der Waals surface area contributed by atoms with E-state index in [1.807, 2.05) is 29.1 Å². The highest BCUT2D eigenvalue weighted by Crippen LogP contribution is 2.14. The number of nitrogens with one attached hydrogen (secondary N) is 1. The molecule has 1 N–H and O–H groups in total. The van der Waals surface area contributed by atoms with Crippen molar-refractivity contribution < 1.29 is 0 Å². The van der Waals surface area contributed by atoms with E-state index in [1.165, 1.54) is 16.7 Å². The summed E-state index contributed by atoms with van der Waals surface area (Å²) in [7, 11) is 0. The fourth-order valence-corrected chi connectivity index (χ4v) is 4.04. The lowest BCUT2D eigenvalue weighted by Crippen LogP contribution is -2.49. The normalized spacial score (nSPS) is 14.7. The molecule has 7 heteroatoms. The second kappa shape index (κ2) is 9.60. The van der Waals surface area contributed by atoms with Gasteiger partial charge < -0.3 is 10.2 Å². The van der Waals surface area contributed by atoms with Gasteiger partial charge in [-0.2, -0.15) is 5.10 Å². The van der Waals surface area contributed by atoms with Gasteiger partial charge in [0.1, 0.15) is 0 Å². The second-order valence-electron chi connectivity index (χ2n) is 7.64. The Morgan fingerprint density at radius 1 is 1.00 bits per heavy atom. The van der Waals surface area contributed by atoms with Crippen molar-refractivity contribution in [2.75, 3.05) is 31.5 Å². The topological polar surface area (TPSA) is 36.3 Å². The van der Waals surface area contributed by atoms with Crippen molar-refractivity contribution in [1.29, 1.82) is 0 Å². The molecule has 2 heterocycles. The number of anilines is 1. The van der Waals surface area contributed by atoms with Crippen molar-refractivity contribution in [3.63, 3.8) is 0 Å². The highest BCUT2D eigenvalue weighted by molar-refractivity contribution is 7.80. The molecule has 0 aliphatic carbocycles. The highest BCUT2D eigenvalue weighted by Gasteiger charge is 2.19. The number of halogens is 1. The molecule has 2 aromatic carbocycles. The third-order valence-corrected chi connectivity index (χ3v) is 6.06. The minimum absolute atomic E-state index is 0.738. The third-order valence-electron chi connectivity index (χ3n) is 5.45.